The normalized spacial score (nSPS) is 12.2. The summed E-state index contributed by atoms with van der Waals surface area (Å²) in [7, 11) is -3.60. The van der Waals surface area contributed by atoms with Gasteiger partial charge in [-0.15, -0.1) is 0 Å². The largest absolute Gasteiger partial charge is 0.332 e. The maximum Gasteiger partial charge on any atom is 0.260 e. The van der Waals surface area contributed by atoms with E-state index in [-0.39, 0.29) is 17.6 Å². The first-order chi connectivity index (χ1) is 9.41. The second-order valence-corrected chi connectivity index (χ2v) is 6.66. The van der Waals surface area contributed by atoms with E-state index in [9.17, 15) is 8.42 Å². The number of hydrogen-bond acceptors (Lipinski definition) is 4. The third kappa shape index (κ3) is 3.05. The van der Waals surface area contributed by atoms with Gasteiger partial charge in [-0.2, -0.15) is 4.31 Å². The summed E-state index contributed by atoms with van der Waals surface area (Å²) in [5.74, 6) is 0.574. The van der Waals surface area contributed by atoms with Crippen LogP contribution in [0.1, 0.15) is 25.4 Å². The molecule has 2 aromatic rings. The van der Waals surface area contributed by atoms with Crippen LogP contribution in [0.25, 0.3) is 0 Å². The second-order valence-electron chi connectivity index (χ2n) is 4.80. The summed E-state index contributed by atoms with van der Waals surface area (Å²) in [5.41, 5.74) is 0.709. The van der Waals surface area contributed by atoms with Crippen LogP contribution in [-0.2, 0) is 16.6 Å². The van der Waals surface area contributed by atoms with Gasteiger partial charge in [0, 0.05) is 12.2 Å². The molecule has 0 bridgehead atoms. The quantitative estimate of drug-likeness (QED) is 0.910. The van der Waals surface area contributed by atoms with Crippen LogP contribution in [0.5, 0.6) is 0 Å². The summed E-state index contributed by atoms with van der Waals surface area (Å²) in [5, 5.41) is 0.111. The monoisotopic (exact) mass is 294 g/mol. The summed E-state index contributed by atoms with van der Waals surface area (Å²) < 4.78 is 26.6. The van der Waals surface area contributed by atoms with Crippen molar-refractivity contribution >= 4 is 10.0 Å². The summed E-state index contributed by atoms with van der Waals surface area (Å²) in [6.45, 7) is 5.63. The van der Waals surface area contributed by atoms with E-state index in [0.29, 0.717) is 11.5 Å². The molecule has 2 heterocycles. The predicted molar refractivity (Wildman–Crippen MR) is 75.4 cm³/mol. The molecule has 2 rings (SSSR count). The number of aryl methyl sites for hydroxylation is 1. The number of sulfonamides is 1. The Kier molecular flexibility index (Phi) is 4.20. The minimum atomic E-state index is -3.60. The van der Waals surface area contributed by atoms with Crippen LogP contribution in [0.2, 0.25) is 0 Å². The number of rotatable bonds is 5. The number of H-pyrrole nitrogens is 1. The van der Waals surface area contributed by atoms with Crippen LogP contribution in [0, 0.1) is 6.92 Å². The van der Waals surface area contributed by atoms with Gasteiger partial charge < -0.3 is 4.98 Å². The van der Waals surface area contributed by atoms with Crippen molar-refractivity contribution in [3.63, 3.8) is 0 Å². The Labute approximate surface area is 118 Å². The van der Waals surface area contributed by atoms with Gasteiger partial charge in [-0.3, -0.25) is 4.98 Å². The summed E-state index contributed by atoms with van der Waals surface area (Å²) in [6, 6.07) is 5.28. The minimum Gasteiger partial charge on any atom is -0.332 e. The molecule has 0 spiro atoms. The van der Waals surface area contributed by atoms with Crippen molar-refractivity contribution in [3.05, 3.63) is 42.1 Å². The van der Waals surface area contributed by atoms with Crippen molar-refractivity contribution in [3.8, 4) is 0 Å². The fourth-order valence-electron chi connectivity index (χ4n) is 1.85. The van der Waals surface area contributed by atoms with E-state index in [1.165, 1.54) is 10.5 Å². The molecule has 0 atom stereocenters. The van der Waals surface area contributed by atoms with E-state index in [0.717, 1.165) is 0 Å². The van der Waals surface area contributed by atoms with Gasteiger partial charge >= 0.3 is 0 Å². The van der Waals surface area contributed by atoms with E-state index in [4.69, 9.17) is 0 Å². The molecule has 0 amide bonds. The van der Waals surface area contributed by atoms with Gasteiger partial charge in [0.1, 0.15) is 5.82 Å². The van der Waals surface area contributed by atoms with E-state index >= 15 is 0 Å². The molecular formula is C13H18N4O2S. The molecule has 0 radical (unpaired) electrons. The molecule has 0 saturated carbocycles. The summed E-state index contributed by atoms with van der Waals surface area (Å²) in [6.07, 6.45) is 3.00. The standard InChI is InChI=1S/C13H18N4O2S/c1-10(2)17(9-12-6-4-5-7-14-12)20(18,19)13-8-15-11(3)16-13/h4-8,10H,9H2,1-3H3,(H,15,16). The fourth-order valence-corrected chi connectivity index (χ4v) is 3.42. The van der Waals surface area contributed by atoms with E-state index in [2.05, 4.69) is 15.0 Å². The molecular weight excluding hydrogens is 276 g/mol. The van der Waals surface area contributed by atoms with Gasteiger partial charge in [0.2, 0.25) is 0 Å². The third-order valence-electron chi connectivity index (χ3n) is 2.89. The van der Waals surface area contributed by atoms with E-state index < -0.39 is 10.0 Å². The second kappa shape index (κ2) is 5.72. The summed E-state index contributed by atoms with van der Waals surface area (Å²) in [4.78, 5) is 10.9. The molecule has 0 aliphatic heterocycles. The zero-order valence-corrected chi connectivity index (χ0v) is 12.6. The number of imidazole rings is 1. The third-order valence-corrected chi connectivity index (χ3v) is 4.82. The SMILES string of the molecule is Cc1ncc(S(=O)(=O)N(Cc2ccccn2)C(C)C)[nH]1. The highest BCUT2D eigenvalue weighted by molar-refractivity contribution is 7.89. The number of nitrogens with one attached hydrogen (secondary N) is 1. The molecule has 0 unspecified atom stereocenters. The summed E-state index contributed by atoms with van der Waals surface area (Å²) >= 11 is 0. The van der Waals surface area contributed by atoms with Crippen LogP contribution in [0.15, 0.2) is 35.6 Å². The molecule has 20 heavy (non-hydrogen) atoms. The van der Waals surface area contributed by atoms with E-state index in [1.807, 2.05) is 26.0 Å². The molecule has 0 fully saturated rings. The van der Waals surface area contributed by atoms with Crippen molar-refractivity contribution in [2.45, 2.75) is 38.4 Å². The number of aromatic nitrogens is 3. The Morgan fingerprint density at radius 2 is 2.05 bits per heavy atom. The molecule has 7 heteroatoms. The Morgan fingerprint density at radius 3 is 2.55 bits per heavy atom. The van der Waals surface area contributed by atoms with Crippen LogP contribution in [-0.4, -0.2) is 33.7 Å². The first kappa shape index (κ1) is 14.7. The molecule has 0 saturated heterocycles. The topological polar surface area (TPSA) is 79.0 Å². The average Bonchev–Trinajstić information content (AvgIpc) is 2.84. The van der Waals surface area contributed by atoms with Gasteiger partial charge in [0.15, 0.2) is 5.03 Å². The molecule has 1 N–H and O–H groups in total. The van der Waals surface area contributed by atoms with Gasteiger partial charge in [-0.05, 0) is 32.9 Å². The Hall–Kier alpha value is -1.73. The average molecular weight is 294 g/mol. The van der Waals surface area contributed by atoms with Crippen molar-refractivity contribution in [2.75, 3.05) is 0 Å². The van der Waals surface area contributed by atoms with Crippen LogP contribution in [0.4, 0.5) is 0 Å². The zero-order valence-electron chi connectivity index (χ0n) is 11.7. The first-order valence-electron chi connectivity index (χ1n) is 6.34. The highest BCUT2D eigenvalue weighted by Gasteiger charge is 2.29. The van der Waals surface area contributed by atoms with Crippen LogP contribution < -0.4 is 0 Å². The Morgan fingerprint density at radius 1 is 1.30 bits per heavy atom. The number of nitrogens with zero attached hydrogens (tertiary/aromatic N) is 3. The van der Waals surface area contributed by atoms with Crippen LogP contribution >= 0.6 is 0 Å². The maximum atomic E-state index is 12.6. The van der Waals surface area contributed by atoms with Gasteiger partial charge in [0.25, 0.3) is 10.0 Å². The molecule has 0 aromatic carbocycles. The predicted octanol–water partition coefficient (Wildman–Crippen LogP) is 1.71. The Bertz CT molecular complexity index is 665. The van der Waals surface area contributed by atoms with Crippen molar-refractivity contribution in [1.29, 1.82) is 0 Å². The molecule has 108 valence electrons. The molecule has 0 aliphatic rings. The lowest BCUT2D eigenvalue weighted by atomic mass is 10.3. The van der Waals surface area contributed by atoms with E-state index in [1.54, 1.807) is 19.2 Å². The molecule has 2 aromatic heterocycles. The lowest BCUT2D eigenvalue weighted by molar-refractivity contribution is 0.343. The molecule has 0 aliphatic carbocycles. The van der Waals surface area contributed by atoms with Gasteiger partial charge in [-0.25, -0.2) is 13.4 Å². The minimum absolute atomic E-state index is 0.111. The van der Waals surface area contributed by atoms with Gasteiger partial charge in [0.05, 0.1) is 18.4 Å². The maximum absolute atomic E-state index is 12.6. The lowest BCUT2D eigenvalue weighted by Crippen LogP contribution is -2.36. The van der Waals surface area contributed by atoms with Crippen LogP contribution in [0.3, 0.4) is 0 Å². The lowest BCUT2D eigenvalue weighted by Gasteiger charge is -2.24. The smallest absolute Gasteiger partial charge is 0.260 e. The highest BCUT2D eigenvalue weighted by atomic mass is 32.2. The first-order valence-corrected chi connectivity index (χ1v) is 7.78. The fraction of sp³-hybridized carbons (Fsp3) is 0.385. The number of aromatic amines is 1. The Balaban J connectivity index is 2.33. The zero-order chi connectivity index (χ0) is 14.8. The van der Waals surface area contributed by atoms with Gasteiger partial charge in [-0.1, -0.05) is 6.07 Å². The van der Waals surface area contributed by atoms with Crippen molar-refractivity contribution in [2.24, 2.45) is 0 Å². The number of pyridine rings is 1. The van der Waals surface area contributed by atoms with Crippen molar-refractivity contribution in [1.82, 2.24) is 19.3 Å². The van der Waals surface area contributed by atoms with Crippen molar-refractivity contribution < 1.29 is 8.42 Å². The number of hydrogen-bond donors (Lipinski definition) is 1. The molecule has 6 nitrogen and oxygen atoms in total. The highest BCUT2D eigenvalue weighted by Crippen LogP contribution is 2.18.